The summed E-state index contributed by atoms with van der Waals surface area (Å²) in [6.45, 7) is 4.69. The number of fused-ring (bicyclic) bond motifs is 1. The van der Waals surface area contributed by atoms with Crippen LogP contribution in [-0.2, 0) is 0 Å². The first-order valence-corrected chi connectivity index (χ1v) is 7.70. The molecule has 2 nitrogen and oxygen atoms in total. The van der Waals surface area contributed by atoms with Crippen LogP contribution in [0, 0.1) is 11.8 Å². The molecule has 0 aromatic rings. The molecule has 3 fully saturated rings. The molecular weight excluding hydrogens is 210 g/mol. The first-order chi connectivity index (χ1) is 8.24. The first-order valence-electron chi connectivity index (χ1n) is 7.70. The Hall–Kier alpha value is -0.0800. The lowest BCUT2D eigenvalue weighted by Gasteiger charge is -2.41. The molecule has 0 aromatic heterocycles. The summed E-state index contributed by atoms with van der Waals surface area (Å²) >= 11 is 0. The van der Waals surface area contributed by atoms with Gasteiger partial charge in [-0.3, -0.25) is 4.90 Å². The minimum absolute atomic E-state index is 0.324. The summed E-state index contributed by atoms with van der Waals surface area (Å²) in [5.74, 6) is 1.54. The van der Waals surface area contributed by atoms with Gasteiger partial charge in [-0.05, 0) is 50.5 Å². The molecule has 3 rings (SSSR count). The van der Waals surface area contributed by atoms with Crippen LogP contribution in [0.2, 0.25) is 0 Å². The topological polar surface area (TPSA) is 23.5 Å². The van der Waals surface area contributed by atoms with E-state index in [-0.39, 0.29) is 5.60 Å². The fourth-order valence-electron chi connectivity index (χ4n) is 4.70. The number of nitrogens with zero attached hydrogens (tertiary/aromatic N) is 1. The summed E-state index contributed by atoms with van der Waals surface area (Å²) in [5.41, 5.74) is -0.324. The van der Waals surface area contributed by atoms with E-state index in [1.165, 1.54) is 51.5 Å². The minimum atomic E-state index is -0.324. The van der Waals surface area contributed by atoms with E-state index in [0.29, 0.717) is 12.0 Å². The summed E-state index contributed by atoms with van der Waals surface area (Å²) in [6, 6.07) is 0.505. The fourth-order valence-corrected chi connectivity index (χ4v) is 4.70. The molecule has 2 unspecified atom stereocenters. The highest BCUT2D eigenvalue weighted by Gasteiger charge is 2.52. The van der Waals surface area contributed by atoms with Gasteiger partial charge in [-0.15, -0.1) is 0 Å². The Bertz CT molecular complexity index is 272. The average molecular weight is 237 g/mol. The molecule has 0 amide bonds. The van der Waals surface area contributed by atoms with Crippen LogP contribution in [0.25, 0.3) is 0 Å². The third kappa shape index (κ3) is 1.94. The van der Waals surface area contributed by atoms with Crippen LogP contribution in [0.5, 0.6) is 0 Å². The molecule has 98 valence electrons. The van der Waals surface area contributed by atoms with E-state index in [1.54, 1.807) is 0 Å². The molecule has 1 saturated carbocycles. The van der Waals surface area contributed by atoms with Gasteiger partial charge in [0, 0.05) is 12.6 Å². The number of hydrogen-bond donors (Lipinski definition) is 1. The van der Waals surface area contributed by atoms with E-state index in [4.69, 9.17) is 0 Å². The lowest BCUT2D eigenvalue weighted by molar-refractivity contribution is -0.0569. The molecular formula is C15H27NO. The molecule has 0 bridgehead atoms. The molecule has 2 atom stereocenters. The summed E-state index contributed by atoms with van der Waals surface area (Å²) < 4.78 is 0. The zero-order valence-electron chi connectivity index (χ0n) is 11.2. The van der Waals surface area contributed by atoms with Crippen molar-refractivity contribution in [3.63, 3.8) is 0 Å². The van der Waals surface area contributed by atoms with E-state index >= 15 is 0 Å². The Morgan fingerprint density at radius 3 is 2.59 bits per heavy atom. The number of rotatable bonds is 2. The summed E-state index contributed by atoms with van der Waals surface area (Å²) in [6.07, 6.45) is 10.2. The third-order valence-corrected chi connectivity index (χ3v) is 5.87. The van der Waals surface area contributed by atoms with Crippen molar-refractivity contribution >= 4 is 0 Å². The Labute approximate surface area is 105 Å². The maximum atomic E-state index is 11.1. The predicted octanol–water partition coefficient (Wildman–Crippen LogP) is 2.80. The highest BCUT2D eigenvalue weighted by molar-refractivity contribution is 5.06. The molecule has 1 aliphatic carbocycles. The van der Waals surface area contributed by atoms with Crippen molar-refractivity contribution in [3.05, 3.63) is 0 Å². The molecule has 2 saturated heterocycles. The second-order valence-corrected chi connectivity index (χ2v) is 6.56. The van der Waals surface area contributed by atoms with Gasteiger partial charge < -0.3 is 5.11 Å². The van der Waals surface area contributed by atoms with E-state index in [0.717, 1.165) is 18.9 Å². The molecule has 0 radical (unpaired) electrons. The quantitative estimate of drug-likeness (QED) is 0.798. The van der Waals surface area contributed by atoms with Gasteiger partial charge in [0.2, 0.25) is 0 Å². The van der Waals surface area contributed by atoms with Crippen LogP contribution >= 0.6 is 0 Å². The molecule has 2 heteroatoms. The fraction of sp³-hybridized carbons (Fsp3) is 1.00. The van der Waals surface area contributed by atoms with Crippen molar-refractivity contribution < 1.29 is 5.11 Å². The van der Waals surface area contributed by atoms with Crippen molar-refractivity contribution in [2.75, 3.05) is 13.1 Å². The van der Waals surface area contributed by atoms with Gasteiger partial charge in [0.05, 0.1) is 5.60 Å². The SMILES string of the molecule is CCC1CCC(C2(O)CCN3CCCC32)CC1. The second-order valence-electron chi connectivity index (χ2n) is 6.56. The number of hydrogen-bond acceptors (Lipinski definition) is 2. The molecule has 3 aliphatic rings. The minimum Gasteiger partial charge on any atom is -0.388 e. The predicted molar refractivity (Wildman–Crippen MR) is 69.9 cm³/mol. The van der Waals surface area contributed by atoms with E-state index in [9.17, 15) is 5.11 Å². The Kier molecular flexibility index (Phi) is 3.20. The van der Waals surface area contributed by atoms with Crippen LogP contribution in [0.15, 0.2) is 0 Å². The Morgan fingerprint density at radius 2 is 1.88 bits per heavy atom. The lowest BCUT2D eigenvalue weighted by atomic mass is 9.70. The van der Waals surface area contributed by atoms with Crippen LogP contribution in [0.3, 0.4) is 0 Å². The van der Waals surface area contributed by atoms with Gasteiger partial charge in [0.1, 0.15) is 0 Å². The normalized spacial score (nSPS) is 47.3. The van der Waals surface area contributed by atoms with Gasteiger partial charge in [0.25, 0.3) is 0 Å². The standard InChI is InChI=1S/C15H27NO/c1-2-12-5-7-13(8-6-12)15(17)9-11-16-10-3-4-14(15)16/h12-14,17H,2-11H2,1H3. The molecule has 0 spiro atoms. The molecule has 2 aliphatic heterocycles. The van der Waals surface area contributed by atoms with Crippen LogP contribution in [0.1, 0.15) is 58.3 Å². The van der Waals surface area contributed by atoms with Crippen molar-refractivity contribution in [2.24, 2.45) is 11.8 Å². The van der Waals surface area contributed by atoms with Crippen molar-refractivity contribution in [3.8, 4) is 0 Å². The molecule has 17 heavy (non-hydrogen) atoms. The van der Waals surface area contributed by atoms with Crippen LogP contribution < -0.4 is 0 Å². The maximum Gasteiger partial charge on any atom is 0.0842 e. The maximum absolute atomic E-state index is 11.1. The summed E-state index contributed by atoms with van der Waals surface area (Å²) in [7, 11) is 0. The lowest BCUT2D eigenvalue weighted by Crippen LogP contribution is -2.48. The molecule has 2 heterocycles. The third-order valence-electron chi connectivity index (χ3n) is 5.87. The highest BCUT2D eigenvalue weighted by Crippen LogP contribution is 2.46. The van der Waals surface area contributed by atoms with Gasteiger partial charge in [-0.25, -0.2) is 0 Å². The van der Waals surface area contributed by atoms with Gasteiger partial charge in [-0.1, -0.05) is 26.2 Å². The average Bonchev–Trinajstić information content (AvgIpc) is 2.95. The highest BCUT2D eigenvalue weighted by atomic mass is 16.3. The Balaban J connectivity index is 1.67. The first kappa shape index (κ1) is 12.0. The van der Waals surface area contributed by atoms with Crippen molar-refractivity contribution in [2.45, 2.75) is 69.9 Å². The molecule has 1 N–H and O–H groups in total. The van der Waals surface area contributed by atoms with E-state index < -0.39 is 0 Å². The smallest absolute Gasteiger partial charge is 0.0842 e. The van der Waals surface area contributed by atoms with Gasteiger partial charge in [-0.2, -0.15) is 0 Å². The van der Waals surface area contributed by atoms with Gasteiger partial charge in [0.15, 0.2) is 0 Å². The monoisotopic (exact) mass is 237 g/mol. The van der Waals surface area contributed by atoms with Gasteiger partial charge >= 0.3 is 0 Å². The van der Waals surface area contributed by atoms with Crippen molar-refractivity contribution in [1.82, 2.24) is 4.90 Å². The zero-order chi connectivity index (χ0) is 11.9. The Morgan fingerprint density at radius 1 is 1.12 bits per heavy atom. The number of aliphatic hydroxyl groups is 1. The van der Waals surface area contributed by atoms with Crippen LogP contribution in [-0.4, -0.2) is 34.7 Å². The van der Waals surface area contributed by atoms with Crippen LogP contribution in [0.4, 0.5) is 0 Å². The van der Waals surface area contributed by atoms with Crippen molar-refractivity contribution in [1.29, 1.82) is 0 Å². The summed E-state index contributed by atoms with van der Waals surface area (Å²) in [4.78, 5) is 2.55. The second kappa shape index (κ2) is 4.55. The van der Waals surface area contributed by atoms with E-state index in [2.05, 4.69) is 11.8 Å². The van der Waals surface area contributed by atoms with E-state index in [1.807, 2.05) is 0 Å². The molecule has 0 aromatic carbocycles. The zero-order valence-corrected chi connectivity index (χ0v) is 11.2. The largest absolute Gasteiger partial charge is 0.388 e. The summed E-state index contributed by atoms with van der Waals surface area (Å²) in [5, 5.41) is 11.1.